The Morgan fingerprint density at radius 3 is 2.31 bits per heavy atom. The normalized spacial score (nSPS) is 16.4. The van der Waals surface area contributed by atoms with Crippen molar-refractivity contribution in [3.8, 4) is 0 Å². The Morgan fingerprint density at radius 1 is 1.25 bits per heavy atom. The summed E-state index contributed by atoms with van der Waals surface area (Å²) in [5, 5.41) is 6.78. The van der Waals surface area contributed by atoms with Gasteiger partial charge in [0, 0.05) is 6.04 Å². The summed E-state index contributed by atoms with van der Waals surface area (Å²) < 4.78 is 11.9. The van der Waals surface area contributed by atoms with Crippen LogP contribution in [0.2, 0.25) is 0 Å². The number of hydrogen-bond donors (Lipinski definition) is 2. The van der Waals surface area contributed by atoms with Gasteiger partial charge in [0.05, 0.1) is 0 Å². The van der Waals surface area contributed by atoms with Crippen LogP contribution >= 0.6 is 0 Å². The fourth-order valence-electron chi connectivity index (χ4n) is 1.73. The summed E-state index contributed by atoms with van der Waals surface area (Å²) in [6, 6.07) is 8.73. The van der Waals surface area contributed by atoms with Gasteiger partial charge in [0.25, 0.3) is 0 Å². The van der Waals surface area contributed by atoms with Gasteiger partial charge in [-0.05, 0) is 44.6 Å². The first-order valence-electron chi connectivity index (χ1n) is 5.97. The average molecular weight is 224 g/mol. The van der Waals surface area contributed by atoms with Gasteiger partial charge in [-0.2, -0.15) is 0 Å². The van der Waals surface area contributed by atoms with E-state index >= 15 is 0 Å². The van der Waals surface area contributed by atoms with E-state index in [1.54, 1.807) is 18.2 Å². The summed E-state index contributed by atoms with van der Waals surface area (Å²) in [4.78, 5) is 0. The highest BCUT2D eigenvalue weighted by Gasteiger charge is 2.09. The van der Waals surface area contributed by atoms with Gasteiger partial charge in [-0.25, -0.2) is 4.39 Å². The van der Waals surface area contributed by atoms with Crippen LogP contribution in [0.4, 0.5) is 4.39 Å². The maximum atomic E-state index is 11.9. The first-order valence-corrected chi connectivity index (χ1v) is 5.97. The SMILES string of the molecule is CCNC1CCNCC1.Fc1ccccc1. The van der Waals surface area contributed by atoms with Crippen molar-refractivity contribution in [3.05, 3.63) is 36.1 Å². The third kappa shape index (κ3) is 5.83. The molecule has 0 aromatic heterocycles. The summed E-state index contributed by atoms with van der Waals surface area (Å²) in [6.07, 6.45) is 2.60. The predicted molar refractivity (Wildman–Crippen MR) is 66.0 cm³/mol. The van der Waals surface area contributed by atoms with Crippen molar-refractivity contribution in [2.75, 3.05) is 19.6 Å². The zero-order chi connectivity index (χ0) is 11.6. The van der Waals surface area contributed by atoms with E-state index in [0.717, 1.165) is 12.6 Å². The summed E-state index contributed by atoms with van der Waals surface area (Å²) in [5.74, 6) is -0.178. The Balaban J connectivity index is 0.000000165. The molecule has 1 aliphatic heterocycles. The number of halogens is 1. The van der Waals surface area contributed by atoms with Crippen LogP contribution in [-0.4, -0.2) is 25.7 Å². The van der Waals surface area contributed by atoms with Gasteiger partial charge >= 0.3 is 0 Å². The fraction of sp³-hybridized carbons (Fsp3) is 0.538. The molecule has 0 aliphatic carbocycles. The number of rotatable bonds is 2. The smallest absolute Gasteiger partial charge is 0.123 e. The van der Waals surface area contributed by atoms with Gasteiger partial charge in [0.1, 0.15) is 5.82 Å². The van der Waals surface area contributed by atoms with Crippen molar-refractivity contribution in [2.24, 2.45) is 0 Å². The second-order valence-electron chi connectivity index (χ2n) is 3.88. The molecule has 2 rings (SSSR count). The summed E-state index contributed by atoms with van der Waals surface area (Å²) in [6.45, 7) is 5.67. The van der Waals surface area contributed by atoms with Crippen molar-refractivity contribution in [3.63, 3.8) is 0 Å². The second kappa shape index (κ2) is 8.25. The molecule has 1 aliphatic rings. The van der Waals surface area contributed by atoms with Crippen LogP contribution in [0.25, 0.3) is 0 Å². The number of nitrogens with one attached hydrogen (secondary N) is 2. The summed E-state index contributed by atoms with van der Waals surface area (Å²) in [5.41, 5.74) is 0. The molecule has 0 spiro atoms. The van der Waals surface area contributed by atoms with Crippen molar-refractivity contribution in [1.29, 1.82) is 0 Å². The Morgan fingerprint density at radius 2 is 1.88 bits per heavy atom. The summed E-state index contributed by atoms with van der Waals surface area (Å²) in [7, 11) is 0. The van der Waals surface area contributed by atoms with Crippen LogP contribution in [0.5, 0.6) is 0 Å². The first-order chi connectivity index (χ1) is 7.83. The molecule has 1 saturated heterocycles. The molecule has 90 valence electrons. The first kappa shape index (κ1) is 13.1. The third-order valence-corrected chi connectivity index (χ3v) is 2.57. The Hall–Kier alpha value is -0.930. The lowest BCUT2D eigenvalue weighted by Crippen LogP contribution is -2.39. The Bertz CT molecular complexity index is 255. The molecular formula is C13H21FN2. The van der Waals surface area contributed by atoms with Crippen LogP contribution in [-0.2, 0) is 0 Å². The Kier molecular flexibility index (Phi) is 6.77. The van der Waals surface area contributed by atoms with Gasteiger partial charge in [0.2, 0.25) is 0 Å². The zero-order valence-corrected chi connectivity index (χ0v) is 9.88. The molecule has 0 unspecified atom stereocenters. The molecule has 0 bridgehead atoms. The van der Waals surface area contributed by atoms with E-state index in [1.165, 1.54) is 38.1 Å². The van der Waals surface area contributed by atoms with Gasteiger partial charge in [0.15, 0.2) is 0 Å². The lowest BCUT2D eigenvalue weighted by atomic mass is 10.1. The minimum atomic E-state index is -0.178. The van der Waals surface area contributed by atoms with Crippen LogP contribution in [0, 0.1) is 5.82 Å². The van der Waals surface area contributed by atoms with E-state index in [4.69, 9.17) is 0 Å². The Labute approximate surface area is 97.3 Å². The highest BCUT2D eigenvalue weighted by Crippen LogP contribution is 2.00. The average Bonchev–Trinajstić information content (AvgIpc) is 2.33. The highest BCUT2D eigenvalue weighted by atomic mass is 19.1. The largest absolute Gasteiger partial charge is 0.317 e. The van der Waals surface area contributed by atoms with Crippen LogP contribution in [0.1, 0.15) is 19.8 Å². The minimum absolute atomic E-state index is 0.178. The second-order valence-corrected chi connectivity index (χ2v) is 3.88. The standard InChI is InChI=1S/C7H16N2.C6H5F/c1-2-9-7-3-5-8-6-4-7;7-6-4-2-1-3-5-6/h7-9H,2-6H2,1H3;1-5H. The van der Waals surface area contributed by atoms with E-state index < -0.39 is 0 Å². The number of piperidine rings is 1. The molecule has 1 fully saturated rings. The monoisotopic (exact) mass is 224 g/mol. The van der Waals surface area contributed by atoms with Crippen LogP contribution < -0.4 is 10.6 Å². The lowest BCUT2D eigenvalue weighted by Gasteiger charge is -2.22. The predicted octanol–water partition coefficient (Wildman–Crippen LogP) is 2.17. The van der Waals surface area contributed by atoms with Crippen molar-refractivity contribution in [2.45, 2.75) is 25.8 Å². The van der Waals surface area contributed by atoms with E-state index in [9.17, 15) is 4.39 Å². The fourth-order valence-corrected chi connectivity index (χ4v) is 1.73. The molecule has 1 aromatic rings. The quantitative estimate of drug-likeness (QED) is 0.804. The van der Waals surface area contributed by atoms with Crippen LogP contribution in [0.3, 0.4) is 0 Å². The molecule has 2 nitrogen and oxygen atoms in total. The summed E-state index contributed by atoms with van der Waals surface area (Å²) >= 11 is 0. The van der Waals surface area contributed by atoms with E-state index in [0.29, 0.717) is 0 Å². The topological polar surface area (TPSA) is 24.1 Å². The third-order valence-electron chi connectivity index (χ3n) is 2.57. The van der Waals surface area contributed by atoms with Crippen molar-refractivity contribution >= 4 is 0 Å². The molecule has 1 aromatic carbocycles. The molecule has 0 saturated carbocycles. The maximum Gasteiger partial charge on any atom is 0.123 e. The molecule has 3 heteroatoms. The van der Waals surface area contributed by atoms with Crippen LogP contribution in [0.15, 0.2) is 30.3 Å². The van der Waals surface area contributed by atoms with Gasteiger partial charge in [-0.1, -0.05) is 25.1 Å². The molecule has 2 N–H and O–H groups in total. The molecule has 0 amide bonds. The molecule has 1 heterocycles. The lowest BCUT2D eigenvalue weighted by molar-refractivity contribution is 0.394. The number of benzene rings is 1. The maximum absolute atomic E-state index is 11.9. The van der Waals surface area contributed by atoms with E-state index in [-0.39, 0.29) is 5.82 Å². The zero-order valence-electron chi connectivity index (χ0n) is 9.88. The van der Waals surface area contributed by atoms with Crippen molar-refractivity contribution in [1.82, 2.24) is 10.6 Å². The molecule has 0 radical (unpaired) electrons. The van der Waals surface area contributed by atoms with E-state index in [1.807, 2.05) is 0 Å². The van der Waals surface area contributed by atoms with Gasteiger partial charge in [-0.3, -0.25) is 0 Å². The molecular weight excluding hydrogens is 203 g/mol. The number of hydrogen-bond acceptors (Lipinski definition) is 2. The highest BCUT2D eigenvalue weighted by molar-refractivity contribution is 5.02. The van der Waals surface area contributed by atoms with Crippen molar-refractivity contribution < 1.29 is 4.39 Å². The van der Waals surface area contributed by atoms with Gasteiger partial charge < -0.3 is 10.6 Å². The van der Waals surface area contributed by atoms with E-state index in [2.05, 4.69) is 17.6 Å². The van der Waals surface area contributed by atoms with Gasteiger partial charge in [-0.15, -0.1) is 0 Å². The minimum Gasteiger partial charge on any atom is -0.317 e. The molecule has 16 heavy (non-hydrogen) atoms. The molecule has 0 atom stereocenters.